The lowest BCUT2D eigenvalue weighted by atomic mass is 10.1. The summed E-state index contributed by atoms with van der Waals surface area (Å²) in [7, 11) is 0. The monoisotopic (exact) mass is 299 g/mol. The Balaban J connectivity index is 1.73. The predicted octanol–water partition coefficient (Wildman–Crippen LogP) is 1.65. The quantitative estimate of drug-likeness (QED) is 0.860. The molecule has 3 rings (SSSR count). The summed E-state index contributed by atoms with van der Waals surface area (Å²) in [6.07, 6.45) is 1.65. The van der Waals surface area contributed by atoms with E-state index in [4.69, 9.17) is 4.74 Å². The van der Waals surface area contributed by atoms with Gasteiger partial charge in [-0.15, -0.1) is 5.10 Å². The highest BCUT2D eigenvalue weighted by Gasteiger charge is 2.13. The molecule has 0 saturated carbocycles. The number of morpholine rings is 1. The van der Waals surface area contributed by atoms with Crippen LogP contribution in [0.4, 0.5) is 17.5 Å². The Kier molecular flexibility index (Phi) is 4.24. The maximum Gasteiger partial charge on any atom is 0.249 e. The van der Waals surface area contributed by atoms with Gasteiger partial charge in [-0.3, -0.25) is 4.79 Å². The number of carbonyl (C=O) groups excluding carboxylic acids is 1. The molecule has 1 aliphatic heterocycles. The van der Waals surface area contributed by atoms with Gasteiger partial charge in [0.15, 0.2) is 11.6 Å². The fourth-order valence-corrected chi connectivity index (χ4v) is 2.21. The third-order valence-electron chi connectivity index (χ3n) is 3.43. The summed E-state index contributed by atoms with van der Waals surface area (Å²) in [4.78, 5) is 17.8. The number of aromatic nitrogens is 3. The zero-order valence-corrected chi connectivity index (χ0v) is 12.3. The molecule has 2 heterocycles. The van der Waals surface area contributed by atoms with E-state index in [9.17, 15) is 4.79 Å². The van der Waals surface area contributed by atoms with Gasteiger partial charge in [0.1, 0.15) is 0 Å². The third kappa shape index (κ3) is 3.37. The molecule has 1 aromatic carbocycles. The van der Waals surface area contributed by atoms with Crippen molar-refractivity contribution in [3.8, 4) is 0 Å². The molecule has 22 heavy (non-hydrogen) atoms. The topological polar surface area (TPSA) is 80.2 Å². The molecule has 0 radical (unpaired) electrons. The van der Waals surface area contributed by atoms with Gasteiger partial charge < -0.3 is 15.0 Å². The molecular weight excluding hydrogens is 282 g/mol. The summed E-state index contributed by atoms with van der Waals surface area (Å²) in [5.74, 6) is 1.25. The number of ether oxygens (including phenoxy) is 1. The highest BCUT2D eigenvalue weighted by molar-refractivity contribution is 5.94. The molecule has 1 fully saturated rings. The van der Waals surface area contributed by atoms with Gasteiger partial charge in [-0.25, -0.2) is 0 Å². The minimum absolute atomic E-state index is 0.0405. The van der Waals surface area contributed by atoms with E-state index >= 15 is 0 Å². The molecule has 0 atom stereocenters. The summed E-state index contributed by atoms with van der Waals surface area (Å²) >= 11 is 0. The zero-order valence-electron chi connectivity index (χ0n) is 12.3. The van der Waals surface area contributed by atoms with Crippen LogP contribution < -0.4 is 10.2 Å². The Labute approximate surface area is 128 Å². The summed E-state index contributed by atoms with van der Waals surface area (Å²) in [5, 5.41) is 11.1. The molecule has 2 aromatic rings. The van der Waals surface area contributed by atoms with E-state index < -0.39 is 0 Å². The molecule has 1 aromatic heterocycles. The lowest BCUT2D eigenvalue weighted by molar-refractivity contribution is 0.101. The Morgan fingerprint density at radius 3 is 2.64 bits per heavy atom. The maximum atomic E-state index is 11.3. The average Bonchev–Trinajstić information content (AvgIpc) is 2.56. The van der Waals surface area contributed by atoms with Crippen LogP contribution in [0, 0.1) is 0 Å². The number of hydrogen-bond acceptors (Lipinski definition) is 7. The van der Waals surface area contributed by atoms with Crippen LogP contribution in [0.15, 0.2) is 30.5 Å². The predicted molar refractivity (Wildman–Crippen MR) is 82.6 cm³/mol. The van der Waals surface area contributed by atoms with Crippen LogP contribution in [0.2, 0.25) is 0 Å². The number of Topliss-reactive ketones (excluding diaryl/α,β-unsaturated/α-hetero) is 1. The van der Waals surface area contributed by atoms with Crippen LogP contribution in [-0.4, -0.2) is 47.3 Å². The second-order valence-corrected chi connectivity index (χ2v) is 5.00. The number of rotatable bonds is 4. The van der Waals surface area contributed by atoms with Gasteiger partial charge in [-0.05, 0) is 31.2 Å². The van der Waals surface area contributed by atoms with E-state index in [0.717, 1.165) is 24.6 Å². The first-order chi connectivity index (χ1) is 10.7. The molecule has 0 unspecified atom stereocenters. The summed E-state index contributed by atoms with van der Waals surface area (Å²) in [6.45, 7) is 4.52. The summed E-state index contributed by atoms with van der Waals surface area (Å²) in [5.41, 5.74) is 1.48. The van der Waals surface area contributed by atoms with Gasteiger partial charge in [-0.1, -0.05) is 0 Å². The van der Waals surface area contributed by atoms with Crippen LogP contribution in [-0.2, 0) is 4.74 Å². The minimum atomic E-state index is 0.0405. The Morgan fingerprint density at radius 1 is 1.23 bits per heavy atom. The van der Waals surface area contributed by atoms with Crippen molar-refractivity contribution in [2.75, 3.05) is 36.5 Å². The normalized spacial score (nSPS) is 14.7. The lowest BCUT2D eigenvalue weighted by Crippen LogP contribution is -2.36. The van der Waals surface area contributed by atoms with E-state index in [1.165, 1.54) is 0 Å². The molecule has 7 heteroatoms. The number of nitrogens with zero attached hydrogens (tertiary/aromatic N) is 4. The molecule has 1 aliphatic rings. The number of carbonyl (C=O) groups is 1. The highest BCUT2D eigenvalue weighted by atomic mass is 16.5. The van der Waals surface area contributed by atoms with Crippen LogP contribution in [0.5, 0.6) is 0 Å². The molecular formula is C15H17N5O2. The number of anilines is 3. The first kappa shape index (κ1) is 14.4. The number of nitrogens with one attached hydrogen (secondary N) is 1. The van der Waals surface area contributed by atoms with E-state index in [1.54, 1.807) is 25.3 Å². The van der Waals surface area contributed by atoms with E-state index in [0.29, 0.717) is 24.7 Å². The number of benzene rings is 1. The van der Waals surface area contributed by atoms with Gasteiger partial charge in [0.05, 0.1) is 19.4 Å². The van der Waals surface area contributed by atoms with Crippen LogP contribution in [0.3, 0.4) is 0 Å². The van der Waals surface area contributed by atoms with Crippen molar-refractivity contribution >= 4 is 23.2 Å². The molecule has 0 spiro atoms. The van der Waals surface area contributed by atoms with Crippen molar-refractivity contribution in [1.82, 2.24) is 15.2 Å². The van der Waals surface area contributed by atoms with Crippen molar-refractivity contribution in [3.63, 3.8) is 0 Å². The zero-order chi connectivity index (χ0) is 15.4. The molecule has 1 saturated heterocycles. The number of ketones is 1. The minimum Gasteiger partial charge on any atom is -0.378 e. The average molecular weight is 299 g/mol. The van der Waals surface area contributed by atoms with E-state index in [2.05, 4.69) is 25.4 Å². The van der Waals surface area contributed by atoms with Crippen molar-refractivity contribution < 1.29 is 9.53 Å². The SMILES string of the molecule is CC(=O)c1ccc(Nc2nncc(N3CCOCC3)n2)cc1. The smallest absolute Gasteiger partial charge is 0.249 e. The highest BCUT2D eigenvalue weighted by Crippen LogP contribution is 2.17. The lowest BCUT2D eigenvalue weighted by Gasteiger charge is -2.27. The van der Waals surface area contributed by atoms with Crippen molar-refractivity contribution in [2.24, 2.45) is 0 Å². The molecule has 114 valence electrons. The number of hydrogen-bond donors (Lipinski definition) is 1. The Hall–Kier alpha value is -2.54. The van der Waals surface area contributed by atoms with Gasteiger partial charge in [0, 0.05) is 24.3 Å². The molecule has 7 nitrogen and oxygen atoms in total. The molecule has 0 aliphatic carbocycles. The van der Waals surface area contributed by atoms with Crippen LogP contribution in [0.25, 0.3) is 0 Å². The standard InChI is InChI=1S/C15H17N5O2/c1-11(21)12-2-4-13(5-3-12)17-15-18-14(10-16-19-15)20-6-8-22-9-7-20/h2-5,10H,6-9H2,1H3,(H,17,18,19). The Morgan fingerprint density at radius 2 is 1.95 bits per heavy atom. The fourth-order valence-electron chi connectivity index (χ4n) is 2.21. The van der Waals surface area contributed by atoms with Gasteiger partial charge in [-0.2, -0.15) is 10.1 Å². The van der Waals surface area contributed by atoms with Gasteiger partial charge >= 0.3 is 0 Å². The van der Waals surface area contributed by atoms with E-state index in [1.807, 2.05) is 12.1 Å². The molecule has 0 bridgehead atoms. The van der Waals surface area contributed by atoms with Crippen molar-refractivity contribution in [1.29, 1.82) is 0 Å². The van der Waals surface area contributed by atoms with Crippen LogP contribution in [0.1, 0.15) is 17.3 Å². The van der Waals surface area contributed by atoms with Crippen molar-refractivity contribution in [3.05, 3.63) is 36.0 Å². The second-order valence-electron chi connectivity index (χ2n) is 5.00. The summed E-state index contributed by atoms with van der Waals surface area (Å²) in [6, 6.07) is 7.18. The third-order valence-corrected chi connectivity index (χ3v) is 3.43. The largest absolute Gasteiger partial charge is 0.378 e. The van der Waals surface area contributed by atoms with Gasteiger partial charge in [0.2, 0.25) is 5.95 Å². The maximum absolute atomic E-state index is 11.3. The summed E-state index contributed by atoms with van der Waals surface area (Å²) < 4.78 is 5.33. The van der Waals surface area contributed by atoms with Gasteiger partial charge in [0.25, 0.3) is 0 Å². The van der Waals surface area contributed by atoms with E-state index in [-0.39, 0.29) is 5.78 Å². The molecule has 1 N–H and O–H groups in total. The fraction of sp³-hybridized carbons (Fsp3) is 0.333. The molecule has 0 amide bonds. The first-order valence-corrected chi connectivity index (χ1v) is 7.13. The van der Waals surface area contributed by atoms with Crippen LogP contribution >= 0.6 is 0 Å². The second kappa shape index (κ2) is 6.48. The van der Waals surface area contributed by atoms with Crippen molar-refractivity contribution in [2.45, 2.75) is 6.92 Å². The first-order valence-electron chi connectivity index (χ1n) is 7.13. The Bertz CT molecular complexity index is 653.